The molecule has 1 aliphatic carbocycles. The summed E-state index contributed by atoms with van der Waals surface area (Å²) in [6, 6.07) is 16.7. The molecule has 8 nitrogen and oxygen atoms in total. The van der Waals surface area contributed by atoms with Gasteiger partial charge in [-0.25, -0.2) is 0 Å². The molecule has 2 aliphatic rings. The lowest BCUT2D eigenvalue weighted by Crippen LogP contribution is -2.26. The molecule has 2 heterocycles. The Kier molecular flexibility index (Phi) is 6.41. The molecule has 1 saturated carbocycles. The third-order valence-electron chi connectivity index (χ3n) is 6.05. The summed E-state index contributed by atoms with van der Waals surface area (Å²) in [5.74, 6) is 3.37. The Bertz CT molecular complexity index is 1070. The third kappa shape index (κ3) is 5.45. The summed E-state index contributed by atoms with van der Waals surface area (Å²) in [6.07, 6.45) is 6.11. The van der Waals surface area contributed by atoms with Crippen LogP contribution in [0.4, 0.5) is 17.8 Å². The van der Waals surface area contributed by atoms with Crippen LogP contribution in [0.1, 0.15) is 43.2 Å². The molecule has 0 unspecified atom stereocenters. The number of nitrogens with zero attached hydrogens (tertiary/aromatic N) is 4. The minimum atomic E-state index is 0.271. The Balaban J connectivity index is 1.34. The van der Waals surface area contributed by atoms with Gasteiger partial charge in [0.1, 0.15) is 0 Å². The third-order valence-corrected chi connectivity index (χ3v) is 6.05. The maximum Gasteiger partial charge on any atom is 0.231 e. The van der Waals surface area contributed by atoms with Gasteiger partial charge in [0, 0.05) is 26.2 Å². The van der Waals surface area contributed by atoms with Gasteiger partial charge >= 0.3 is 0 Å². The Hall–Kier alpha value is -3.55. The molecule has 1 aromatic heterocycles. The average molecular weight is 447 g/mol. The van der Waals surface area contributed by atoms with Crippen molar-refractivity contribution in [3.63, 3.8) is 0 Å². The van der Waals surface area contributed by atoms with Crippen LogP contribution in [0.25, 0.3) is 0 Å². The van der Waals surface area contributed by atoms with E-state index >= 15 is 0 Å². The molecule has 0 saturated heterocycles. The average Bonchev–Trinajstić information content (AvgIpc) is 3.32. The summed E-state index contributed by atoms with van der Waals surface area (Å²) >= 11 is 0. The fraction of sp³-hybridized carbons (Fsp3) is 0.400. The van der Waals surface area contributed by atoms with Crippen LogP contribution in [0.2, 0.25) is 0 Å². The fourth-order valence-corrected chi connectivity index (χ4v) is 4.27. The molecule has 8 heteroatoms. The van der Waals surface area contributed by atoms with Crippen molar-refractivity contribution in [2.45, 2.75) is 51.2 Å². The quantitative estimate of drug-likeness (QED) is 0.520. The molecule has 0 atom stereocenters. The normalized spacial score (nSPS) is 15.3. The first kappa shape index (κ1) is 21.3. The molecular formula is C25H30N6O2. The molecule has 0 bridgehead atoms. The van der Waals surface area contributed by atoms with E-state index in [2.05, 4.69) is 32.7 Å². The lowest BCUT2D eigenvalue weighted by molar-refractivity contribution is 0.174. The topological polar surface area (TPSA) is 84.4 Å². The highest BCUT2D eigenvalue weighted by Crippen LogP contribution is 2.32. The number of nitrogens with one attached hydrogen (secondary N) is 2. The van der Waals surface area contributed by atoms with Gasteiger partial charge in [-0.2, -0.15) is 15.0 Å². The zero-order valence-corrected chi connectivity index (χ0v) is 19.0. The molecule has 1 aliphatic heterocycles. The molecule has 0 spiro atoms. The number of anilines is 3. The highest BCUT2D eigenvalue weighted by Gasteiger charge is 2.18. The van der Waals surface area contributed by atoms with Crippen molar-refractivity contribution in [2.75, 3.05) is 29.4 Å². The molecule has 0 amide bonds. The Labute approximate surface area is 194 Å². The van der Waals surface area contributed by atoms with Gasteiger partial charge in [-0.1, -0.05) is 55.7 Å². The second kappa shape index (κ2) is 9.94. The predicted molar refractivity (Wildman–Crippen MR) is 129 cm³/mol. The second-order valence-corrected chi connectivity index (χ2v) is 8.64. The van der Waals surface area contributed by atoms with Crippen LogP contribution in [0.15, 0.2) is 48.5 Å². The maximum atomic E-state index is 5.49. The highest BCUT2D eigenvalue weighted by molar-refractivity contribution is 5.47. The van der Waals surface area contributed by atoms with Crippen molar-refractivity contribution in [1.82, 2.24) is 15.0 Å². The Morgan fingerprint density at radius 2 is 1.67 bits per heavy atom. The molecule has 172 valence electrons. The molecule has 2 aromatic carbocycles. The first-order valence-electron chi connectivity index (χ1n) is 11.6. The van der Waals surface area contributed by atoms with Crippen molar-refractivity contribution in [3.8, 4) is 11.5 Å². The number of benzene rings is 2. The molecule has 3 aromatic rings. The van der Waals surface area contributed by atoms with Gasteiger partial charge in [0.15, 0.2) is 11.5 Å². The van der Waals surface area contributed by atoms with Crippen molar-refractivity contribution in [1.29, 1.82) is 0 Å². The SMILES string of the molecule is CN(Cc1ccccc1)c1nc(NCc2ccc3c(c2)OCO3)nc(NC2CCCCC2)n1. The van der Waals surface area contributed by atoms with E-state index in [0.29, 0.717) is 30.4 Å². The monoisotopic (exact) mass is 446 g/mol. The van der Waals surface area contributed by atoms with Gasteiger partial charge in [0.05, 0.1) is 0 Å². The number of hydrogen-bond acceptors (Lipinski definition) is 8. The zero-order chi connectivity index (χ0) is 22.5. The van der Waals surface area contributed by atoms with Gasteiger partial charge < -0.3 is 25.0 Å². The maximum absolute atomic E-state index is 5.49. The van der Waals surface area contributed by atoms with Crippen molar-refractivity contribution in [2.24, 2.45) is 0 Å². The number of rotatable bonds is 8. The minimum Gasteiger partial charge on any atom is -0.454 e. The van der Waals surface area contributed by atoms with Gasteiger partial charge in [0.25, 0.3) is 0 Å². The van der Waals surface area contributed by atoms with E-state index in [4.69, 9.17) is 19.4 Å². The van der Waals surface area contributed by atoms with Crippen LogP contribution in [0, 0.1) is 0 Å². The van der Waals surface area contributed by atoms with Gasteiger partial charge in [0.2, 0.25) is 24.6 Å². The summed E-state index contributed by atoms with van der Waals surface area (Å²) in [4.78, 5) is 16.2. The molecule has 33 heavy (non-hydrogen) atoms. The molecule has 5 rings (SSSR count). The van der Waals surface area contributed by atoms with E-state index in [1.54, 1.807) is 0 Å². The van der Waals surface area contributed by atoms with Crippen molar-refractivity contribution in [3.05, 3.63) is 59.7 Å². The van der Waals surface area contributed by atoms with Crippen LogP contribution in [-0.2, 0) is 13.1 Å². The van der Waals surface area contributed by atoms with E-state index in [1.165, 1.54) is 24.8 Å². The predicted octanol–water partition coefficient (Wildman–Crippen LogP) is 4.59. The van der Waals surface area contributed by atoms with E-state index < -0.39 is 0 Å². The molecule has 0 radical (unpaired) electrons. The first-order chi connectivity index (χ1) is 16.2. The van der Waals surface area contributed by atoms with Crippen LogP contribution < -0.4 is 25.0 Å². The van der Waals surface area contributed by atoms with Crippen LogP contribution >= 0.6 is 0 Å². The molecule has 2 N–H and O–H groups in total. The van der Waals surface area contributed by atoms with E-state index in [9.17, 15) is 0 Å². The van der Waals surface area contributed by atoms with Crippen LogP contribution in [0.3, 0.4) is 0 Å². The Morgan fingerprint density at radius 3 is 2.52 bits per heavy atom. The van der Waals surface area contributed by atoms with E-state index in [0.717, 1.165) is 36.4 Å². The molecular weight excluding hydrogens is 416 g/mol. The van der Waals surface area contributed by atoms with E-state index in [-0.39, 0.29) is 6.79 Å². The number of hydrogen-bond donors (Lipinski definition) is 2. The highest BCUT2D eigenvalue weighted by atomic mass is 16.7. The second-order valence-electron chi connectivity index (χ2n) is 8.64. The summed E-state index contributed by atoms with van der Waals surface area (Å²) in [6.45, 7) is 1.56. The standard InChI is InChI=1S/C25H30N6O2/c1-31(16-18-8-4-2-5-9-18)25-29-23(28-24(30-25)27-20-10-6-3-7-11-20)26-15-19-12-13-21-22(14-19)33-17-32-21/h2,4-5,8-9,12-14,20H,3,6-7,10-11,15-17H2,1H3,(H2,26,27,28,29,30). The number of aromatic nitrogens is 3. The lowest BCUT2D eigenvalue weighted by Gasteiger charge is -2.24. The number of fused-ring (bicyclic) bond motifs is 1. The van der Waals surface area contributed by atoms with Crippen LogP contribution in [0.5, 0.6) is 11.5 Å². The van der Waals surface area contributed by atoms with Gasteiger partial charge in [-0.3, -0.25) is 0 Å². The van der Waals surface area contributed by atoms with Gasteiger partial charge in [-0.05, 0) is 36.1 Å². The first-order valence-corrected chi connectivity index (χ1v) is 11.6. The smallest absolute Gasteiger partial charge is 0.231 e. The van der Waals surface area contributed by atoms with Crippen molar-refractivity contribution < 1.29 is 9.47 Å². The van der Waals surface area contributed by atoms with Crippen LogP contribution in [-0.4, -0.2) is 34.8 Å². The summed E-state index contributed by atoms with van der Waals surface area (Å²) < 4.78 is 10.9. The number of ether oxygens (including phenoxy) is 2. The largest absolute Gasteiger partial charge is 0.454 e. The molecule has 1 fully saturated rings. The summed E-state index contributed by atoms with van der Waals surface area (Å²) in [5.41, 5.74) is 2.28. The minimum absolute atomic E-state index is 0.271. The van der Waals surface area contributed by atoms with Gasteiger partial charge in [-0.15, -0.1) is 0 Å². The lowest BCUT2D eigenvalue weighted by atomic mass is 9.96. The Morgan fingerprint density at radius 1 is 0.879 bits per heavy atom. The summed E-state index contributed by atoms with van der Waals surface area (Å²) in [7, 11) is 2.01. The van der Waals surface area contributed by atoms with E-state index in [1.807, 2.05) is 43.4 Å². The van der Waals surface area contributed by atoms with Crippen molar-refractivity contribution >= 4 is 17.8 Å². The zero-order valence-electron chi connectivity index (χ0n) is 19.0. The fourth-order valence-electron chi connectivity index (χ4n) is 4.27. The summed E-state index contributed by atoms with van der Waals surface area (Å²) in [5, 5.41) is 6.91.